The number of ether oxygens (including phenoxy) is 2. The van der Waals surface area contributed by atoms with E-state index in [1.807, 2.05) is 0 Å². The van der Waals surface area contributed by atoms with Crippen LogP contribution >= 0.6 is 11.6 Å². The molecule has 0 amide bonds. The molecular weight excluding hydrogens is 283 g/mol. The number of rotatable bonds is 5. The van der Waals surface area contributed by atoms with Crippen LogP contribution in [0.25, 0.3) is 0 Å². The molecule has 4 nitrogen and oxygen atoms in total. The van der Waals surface area contributed by atoms with Crippen molar-refractivity contribution in [3.05, 3.63) is 34.6 Å². The summed E-state index contributed by atoms with van der Waals surface area (Å²) in [6, 6.07) is 4.40. The molecule has 2 N–H and O–H groups in total. The summed E-state index contributed by atoms with van der Waals surface area (Å²) < 4.78 is 24.9. The lowest BCUT2D eigenvalue weighted by molar-refractivity contribution is -0.00461. The molecule has 112 valence electrons. The lowest BCUT2D eigenvalue weighted by atomic mass is 10.0. The molecule has 1 aromatic rings. The molecule has 0 spiro atoms. The van der Waals surface area contributed by atoms with E-state index in [9.17, 15) is 4.39 Å². The van der Waals surface area contributed by atoms with E-state index in [1.54, 1.807) is 26.4 Å². The standard InChI is InChI=1S/C14H20ClFN2O2/c1-19-12-7-18(8-13(12)20-2)11(6-17)14-9(15)4-3-5-10(14)16/h3-5,11-13H,6-8,17H2,1-2H3. The van der Waals surface area contributed by atoms with Crippen molar-refractivity contribution in [2.45, 2.75) is 18.2 Å². The first-order valence-electron chi connectivity index (χ1n) is 6.56. The minimum atomic E-state index is -0.331. The molecule has 0 bridgehead atoms. The van der Waals surface area contributed by atoms with E-state index in [-0.39, 0.29) is 30.6 Å². The molecule has 1 fully saturated rings. The maximum absolute atomic E-state index is 14.1. The lowest BCUT2D eigenvalue weighted by Crippen LogP contribution is -2.34. The highest BCUT2D eigenvalue weighted by Gasteiger charge is 2.37. The molecule has 1 aromatic carbocycles. The molecule has 1 aliphatic rings. The number of hydrogen-bond acceptors (Lipinski definition) is 4. The zero-order valence-corrected chi connectivity index (χ0v) is 12.4. The lowest BCUT2D eigenvalue weighted by Gasteiger charge is -2.27. The number of hydrogen-bond donors (Lipinski definition) is 1. The summed E-state index contributed by atoms with van der Waals surface area (Å²) in [6.45, 7) is 1.57. The first-order chi connectivity index (χ1) is 9.62. The zero-order chi connectivity index (χ0) is 14.7. The Morgan fingerprint density at radius 3 is 2.40 bits per heavy atom. The summed E-state index contributed by atoms with van der Waals surface area (Å²) in [7, 11) is 3.29. The molecule has 0 saturated carbocycles. The zero-order valence-electron chi connectivity index (χ0n) is 11.7. The van der Waals surface area contributed by atoms with Gasteiger partial charge >= 0.3 is 0 Å². The predicted octanol–water partition coefficient (Wildman–Crippen LogP) is 1.82. The van der Waals surface area contributed by atoms with Crippen LogP contribution in [0.2, 0.25) is 5.02 Å². The van der Waals surface area contributed by atoms with Gasteiger partial charge in [-0.05, 0) is 12.1 Å². The van der Waals surface area contributed by atoms with Crippen molar-refractivity contribution < 1.29 is 13.9 Å². The van der Waals surface area contributed by atoms with Crippen LogP contribution in [0.4, 0.5) is 4.39 Å². The summed E-state index contributed by atoms with van der Waals surface area (Å²) in [4.78, 5) is 2.06. The highest BCUT2D eigenvalue weighted by atomic mass is 35.5. The largest absolute Gasteiger partial charge is 0.377 e. The molecule has 1 saturated heterocycles. The molecular formula is C14H20ClFN2O2. The van der Waals surface area contributed by atoms with Gasteiger partial charge in [-0.3, -0.25) is 4.90 Å². The van der Waals surface area contributed by atoms with Crippen LogP contribution in [0.5, 0.6) is 0 Å². The van der Waals surface area contributed by atoms with Crippen LogP contribution in [-0.4, -0.2) is 51.0 Å². The number of halogens is 2. The number of methoxy groups -OCH3 is 2. The maximum atomic E-state index is 14.1. The van der Waals surface area contributed by atoms with Crippen molar-refractivity contribution in [1.29, 1.82) is 0 Å². The SMILES string of the molecule is COC1CN(C(CN)c2c(F)cccc2Cl)CC1OC. The Labute approximate surface area is 123 Å². The van der Waals surface area contributed by atoms with Gasteiger partial charge in [-0.2, -0.15) is 0 Å². The molecule has 1 aliphatic heterocycles. The van der Waals surface area contributed by atoms with Crippen LogP contribution in [0, 0.1) is 5.82 Å². The molecule has 3 atom stereocenters. The number of nitrogens with two attached hydrogens (primary N) is 1. The predicted molar refractivity (Wildman–Crippen MR) is 76.4 cm³/mol. The fourth-order valence-corrected chi connectivity index (χ4v) is 3.05. The third-order valence-corrected chi connectivity index (χ3v) is 4.18. The Balaban J connectivity index is 2.25. The van der Waals surface area contributed by atoms with Crippen LogP contribution in [0.1, 0.15) is 11.6 Å². The summed E-state index contributed by atoms with van der Waals surface area (Å²) in [5, 5.41) is 0.398. The highest BCUT2D eigenvalue weighted by Crippen LogP contribution is 2.32. The van der Waals surface area contributed by atoms with Crippen molar-refractivity contribution in [2.24, 2.45) is 5.73 Å². The van der Waals surface area contributed by atoms with E-state index >= 15 is 0 Å². The van der Waals surface area contributed by atoms with Gasteiger partial charge in [0.05, 0.1) is 18.2 Å². The fourth-order valence-electron chi connectivity index (χ4n) is 2.76. The van der Waals surface area contributed by atoms with E-state index < -0.39 is 0 Å². The Morgan fingerprint density at radius 2 is 1.95 bits per heavy atom. The summed E-state index contributed by atoms with van der Waals surface area (Å²) >= 11 is 6.14. The topological polar surface area (TPSA) is 47.7 Å². The number of benzene rings is 1. The van der Waals surface area contributed by atoms with Gasteiger partial charge in [-0.15, -0.1) is 0 Å². The molecule has 2 rings (SSSR count). The maximum Gasteiger partial charge on any atom is 0.129 e. The molecule has 0 radical (unpaired) electrons. The van der Waals surface area contributed by atoms with Gasteiger partial charge in [-0.25, -0.2) is 4.39 Å². The third-order valence-electron chi connectivity index (χ3n) is 3.85. The smallest absolute Gasteiger partial charge is 0.129 e. The van der Waals surface area contributed by atoms with E-state index in [2.05, 4.69) is 4.90 Å². The molecule has 6 heteroatoms. The van der Waals surface area contributed by atoms with Gasteiger partial charge in [0.1, 0.15) is 5.82 Å². The Bertz CT molecular complexity index is 429. The van der Waals surface area contributed by atoms with Crippen molar-refractivity contribution in [3.8, 4) is 0 Å². The molecule has 3 unspecified atom stereocenters. The Morgan fingerprint density at radius 1 is 1.35 bits per heavy atom. The summed E-state index contributed by atoms with van der Waals surface area (Å²) in [5.41, 5.74) is 6.30. The highest BCUT2D eigenvalue weighted by molar-refractivity contribution is 6.31. The fraction of sp³-hybridized carbons (Fsp3) is 0.571. The van der Waals surface area contributed by atoms with E-state index in [4.69, 9.17) is 26.8 Å². The van der Waals surface area contributed by atoms with Gasteiger partial charge in [-0.1, -0.05) is 17.7 Å². The minimum Gasteiger partial charge on any atom is -0.377 e. The van der Waals surface area contributed by atoms with Crippen molar-refractivity contribution in [2.75, 3.05) is 33.9 Å². The Hall–Kier alpha value is -0.720. The molecule has 1 heterocycles. The molecule has 0 aliphatic carbocycles. The van der Waals surface area contributed by atoms with Gasteiger partial charge in [0.2, 0.25) is 0 Å². The molecule has 20 heavy (non-hydrogen) atoms. The van der Waals surface area contributed by atoms with E-state index in [0.717, 1.165) is 0 Å². The third kappa shape index (κ3) is 2.97. The first kappa shape index (κ1) is 15.7. The number of nitrogens with zero attached hydrogens (tertiary/aromatic N) is 1. The molecule has 0 aromatic heterocycles. The van der Waals surface area contributed by atoms with Crippen LogP contribution < -0.4 is 5.73 Å². The normalized spacial score (nSPS) is 25.1. The first-order valence-corrected chi connectivity index (χ1v) is 6.93. The summed E-state index contributed by atoms with van der Waals surface area (Å²) in [6.07, 6.45) is -0.0841. The average Bonchev–Trinajstić information content (AvgIpc) is 2.86. The monoisotopic (exact) mass is 302 g/mol. The van der Waals surface area contributed by atoms with Crippen molar-refractivity contribution in [3.63, 3.8) is 0 Å². The number of likely N-dealkylation sites (tertiary alicyclic amines) is 1. The van der Waals surface area contributed by atoms with Crippen molar-refractivity contribution >= 4 is 11.6 Å². The van der Waals surface area contributed by atoms with Crippen LogP contribution in [0.3, 0.4) is 0 Å². The second kappa shape index (κ2) is 6.83. The van der Waals surface area contributed by atoms with Crippen LogP contribution in [0.15, 0.2) is 18.2 Å². The Kier molecular flexibility index (Phi) is 5.35. The quantitative estimate of drug-likeness (QED) is 0.901. The van der Waals surface area contributed by atoms with Gasteiger partial charge in [0.25, 0.3) is 0 Å². The van der Waals surface area contributed by atoms with Gasteiger partial charge in [0, 0.05) is 44.4 Å². The van der Waals surface area contributed by atoms with Crippen LogP contribution in [-0.2, 0) is 9.47 Å². The van der Waals surface area contributed by atoms with Gasteiger partial charge < -0.3 is 15.2 Å². The van der Waals surface area contributed by atoms with Gasteiger partial charge in [0.15, 0.2) is 0 Å². The van der Waals surface area contributed by atoms with E-state index in [1.165, 1.54) is 6.07 Å². The second-order valence-electron chi connectivity index (χ2n) is 4.89. The van der Waals surface area contributed by atoms with E-state index in [0.29, 0.717) is 23.7 Å². The van der Waals surface area contributed by atoms with Crippen molar-refractivity contribution in [1.82, 2.24) is 4.90 Å². The summed E-state index contributed by atoms with van der Waals surface area (Å²) in [5.74, 6) is -0.331. The minimum absolute atomic E-state index is 0.0420. The second-order valence-corrected chi connectivity index (χ2v) is 5.30. The average molecular weight is 303 g/mol.